The van der Waals surface area contributed by atoms with Crippen molar-refractivity contribution in [3.63, 3.8) is 0 Å². The molecular weight excluding hydrogens is 346 g/mol. The standard InChI is InChI=1S/C20H29N3O4/c1-4-21-9-11-22(12-10-21)16-14-19(24)23(20(16)25)8-7-15-5-6-17(26-2)18(13-15)27-3/h5-6,13,16H,4,7-12,14H2,1-3H3/t16-/m1/s1. The molecule has 0 aromatic heterocycles. The molecule has 0 bridgehead atoms. The van der Waals surface area contributed by atoms with Gasteiger partial charge in [0.15, 0.2) is 11.5 Å². The molecule has 1 aromatic carbocycles. The lowest BCUT2D eigenvalue weighted by Gasteiger charge is -2.36. The highest BCUT2D eigenvalue weighted by molar-refractivity contribution is 6.05. The van der Waals surface area contributed by atoms with Gasteiger partial charge in [0.2, 0.25) is 11.8 Å². The quantitative estimate of drug-likeness (QED) is 0.663. The minimum Gasteiger partial charge on any atom is -0.493 e. The summed E-state index contributed by atoms with van der Waals surface area (Å²) in [4.78, 5) is 31.2. The Morgan fingerprint density at radius 3 is 2.37 bits per heavy atom. The van der Waals surface area contributed by atoms with Crippen molar-refractivity contribution in [2.45, 2.75) is 25.8 Å². The number of nitrogens with zero attached hydrogens (tertiary/aromatic N) is 3. The lowest BCUT2D eigenvalue weighted by atomic mass is 10.1. The maximum absolute atomic E-state index is 12.8. The van der Waals surface area contributed by atoms with E-state index in [2.05, 4.69) is 16.7 Å². The van der Waals surface area contributed by atoms with Crippen molar-refractivity contribution < 1.29 is 19.1 Å². The number of likely N-dealkylation sites (N-methyl/N-ethyl adjacent to an activating group) is 1. The van der Waals surface area contributed by atoms with Crippen LogP contribution in [0, 0.1) is 0 Å². The van der Waals surface area contributed by atoms with Gasteiger partial charge in [0.05, 0.1) is 26.7 Å². The number of carbonyl (C=O) groups is 2. The molecule has 1 aromatic rings. The average Bonchev–Trinajstić information content (AvgIpc) is 2.99. The van der Waals surface area contributed by atoms with E-state index in [9.17, 15) is 9.59 Å². The number of ether oxygens (including phenoxy) is 2. The number of likely N-dealkylation sites (tertiary alicyclic amines) is 1. The van der Waals surface area contributed by atoms with Gasteiger partial charge in [-0.1, -0.05) is 13.0 Å². The first-order valence-electron chi connectivity index (χ1n) is 9.58. The summed E-state index contributed by atoms with van der Waals surface area (Å²) < 4.78 is 10.6. The van der Waals surface area contributed by atoms with E-state index in [0.29, 0.717) is 30.9 Å². The van der Waals surface area contributed by atoms with Crippen molar-refractivity contribution >= 4 is 11.8 Å². The Kier molecular flexibility index (Phi) is 6.34. The zero-order valence-corrected chi connectivity index (χ0v) is 16.4. The lowest BCUT2D eigenvalue weighted by molar-refractivity contribution is -0.139. The van der Waals surface area contributed by atoms with E-state index in [4.69, 9.17) is 9.47 Å². The molecule has 7 nitrogen and oxygen atoms in total. The van der Waals surface area contributed by atoms with Crippen LogP contribution in [-0.2, 0) is 16.0 Å². The lowest BCUT2D eigenvalue weighted by Crippen LogP contribution is -2.52. The monoisotopic (exact) mass is 375 g/mol. The van der Waals surface area contributed by atoms with Crippen LogP contribution in [0.3, 0.4) is 0 Å². The molecular formula is C20H29N3O4. The number of piperazine rings is 1. The molecule has 0 aliphatic carbocycles. The Hall–Kier alpha value is -2.12. The smallest absolute Gasteiger partial charge is 0.247 e. The summed E-state index contributed by atoms with van der Waals surface area (Å²) in [6, 6.07) is 5.39. The SMILES string of the molecule is CCN1CCN([C@@H]2CC(=O)N(CCc3ccc(OC)c(OC)c3)C2=O)CC1. The Morgan fingerprint density at radius 2 is 1.74 bits per heavy atom. The molecule has 3 rings (SSSR count). The number of carbonyl (C=O) groups excluding carboxylic acids is 2. The van der Waals surface area contributed by atoms with Crippen LogP contribution in [0.15, 0.2) is 18.2 Å². The van der Waals surface area contributed by atoms with Gasteiger partial charge in [-0.2, -0.15) is 0 Å². The van der Waals surface area contributed by atoms with Crippen molar-refractivity contribution in [3.8, 4) is 11.5 Å². The van der Waals surface area contributed by atoms with Gasteiger partial charge < -0.3 is 14.4 Å². The molecule has 0 radical (unpaired) electrons. The van der Waals surface area contributed by atoms with E-state index in [-0.39, 0.29) is 17.9 Å². The molecule has 7 heteroatoms. The van der Waals surface area contributed by atoms with Crippen LogP contribution in [0.4, 0.5) is 0 Å². The molecule has 148 valence electrons. The topological polar surface area (TPSA) is 62.3 Å². The Balaban J connectivity index is 1.59. The van der Waals surface area contributed by atoms with Crippen molar-refractivity contribution in [1.82, 2.24) is 14.7 Å². The molecule has 1 atom stereocenters. The van der Waals surface area contributed by atoms with Crippen molar-refractivity contribution in [3.05, 3.63) is 23.8 Å². The molecule has 2 aliphatic rings. The predicted octanol–water partition coefficient (Wildman–Crippen LogP) is 1.01. The summed E-state index contributed by atoms with van der Waals surface area (Å²) in [6.45, 7) is 7.19. The van der Waals surface area contributed by atoms with Gasteiger partial charge in [0.1, 0.15) is 0 Å². The largest absolute Gasteiger partial charge is 0.493 e. The second-order valence-corrected chi connectivity index (χ2v) is 7.01. The Morgan fingerprint density at radius 1 is 1.04 bits per heavy atom. The number of rotatable bonds is 7. The highest BCUT2D eigenvalue weighted by Gasteiger charge is 2.42. The number of methoxy groups -OCH3 is 2. The molecule has 2 saturated heterocycles. The molecule has 2 heterocycles. The molecule has 2 amide bonds. The van der Waals surface area contributed by atoms with Gasteiger partial charge in [0.25, 0.3) is 0 Å². The fourth-order valence-electron chi connectivity index (χ4n) is 3.85. The first-order valence-corrected chi connectivity index (χ1v) is 9.58. The van der Waals surface area contributed by atoms with Crippen molar-refractivity contribution in [2.24, 2.45) is 0 Å². The second kappa shape index (κ2) is 8.71. The van der Waals surface area contributed by atoms with Gasteiger partial charge in [0, 0.05) is 32.7 Å². The van der Waals surface area contributed by atoms with E-state index >= 15 is 0 Å². The minimum atomic E-state index is -0.290. The Labute approximate surface area is 160 Å². The third-order valence-corrected chi connectivity index (χ3v) is 5.59. The fourth-order valence-corrected chi connectivity index (χ4v) is 3.85. The number of amides is 2. The first-order chi connectivity index (χ1) is 13.1. The van der Waals surface area contributed by atoms with Crippen molar-refractivity contribution in [1.29, 1.82) is 0 Å². The molecule has 0 spiro atoms. The predicted molar refractivity (Wildman–Crippen MR) is 102 cm³/mol. The summed E-state index contributed by atoms with van der Waals surface area (Å²) in [7, 11) is 3.19. The number of imide groups is 1. The summed E-state index contributed by atoms with van der Waals surface area (Å²) >= 11 is 0. The summed E-state index contributed by atoms with van der Waals surface area (Å²) in [5.74, 6) is 1.20. The van der Waals surface area contributed by atoms with E-state index in [1.807, 2.05) is 18.2 Å². The van der Waals surface area contributed by atoms with Gasteiger partial charge in [-0.3, -0.25) is 19.4 Å². The summed E-state index contributed by atoms with van der Waals surface area (Å²) in [5.41, 5.74) is 1.01. The third kappa shape index (κ3) is 4.25. The van der Waals surface area contributed by atoms with Crippen LogP contribution in [0.1, 0.15) is 18.9 Å². The number of benzene rings is 1. The van der Waals surface area contributed by atoms with Crippen LogP contribution < -0.4 is 9.47 Å². The first kappa shape index (κ1) is 19.6. The fraction of sp³-hybridized carbons (Fsp3) is 0.600. The van der Waals surface area contributed by atoms with Crippen LogP contribution >= 0.6 is 0 Å². The van der Waals surface area contributed by atoms with Gasteiger partial charge in [-0.05, 0) is 30.7 Å². The second-order valence-electron chi connectivity index (χ2n) is 7.01. The zero-order valence-electron chi connectivity index (χ0n) is 16.4. The van der Waals surface area contributed by atoms with Crippen LogP contribution in [0.25, 0.3) is 0 Å². The van der Waals surface area contributed by atoms with Crippen LogP contribution in [0.5, 0.6) is 11.5 Å². The normalized spacial score (nSPS) is 21.7. The summed E-state index contributed by atoms with van der Waals surface area (Å²) in [6.07, 6.45) is 0.908. The zero-order chi connectivity index (χ0) is 19.4. The highest BCUT2D eigenvalue weighted by Crippen LogP contribution is 2.28. The summed E-state index contributed by atoms with van der Waals surface area (Å²) in [5, 5.41) is 0. The third-order valence-electron chi connectivity index (χ3n) is 5.59. The van der Waals surface area contributed by atoms with Crippen molar-refractivity contribution in [2.75, 3.05) is 53.5 Å². The highest BCUT2D eigenvalue weighted by atomic mass is 16.5. The molecule has 2 fully saturated rings. The van der Waals surface area contributed by atoms with E-state index < -0.39 is 0 Å². The molecule has 2 aliphatic heterocycles. The number of hydrogen-bond acceptors (Lipinski definition) is 6. The average molecular weight is 375 g/mol. The molecule has 27 heavy (non-hydrogen) atoms. The minimum absolute atomic E-state index is 0.0505. The van der Waals surface area contributed by atoms with E-state index in [0.717, 1.165) is 38.3 Å². The van der Waals surface area contributed by atoms with E-state index in [1.165, 1.54) is 4.90 Å². The van der Waals surface area contributed by atoms with Gasteiger partial charge >= 0.3 is 0 Å². The molecule has 0 unspecified atom stereocenters. The van der Waals surface area contributed by atoms with Crippen LogP contribution in [-0.4, -0.2) is 86.0 Å². The molecule has 0 saturated carbocycles. The maximum atomic E-state index is 12.8. The van der Waals surface area contributed by atoms with Crippen LogP contribution in [0.2, 0.25) is 0 Å². The Bertz CT molecular complexity index is 686. The van der Waals surface area contributed by atoms with Gasteiger partial charge in [-0.15, -0.1) is 0 Å². The number of hydrogen-bond donors (Lipinski definition) is 0. The van der Waals surface area contributed by atoms with Gasteiger partial charge in [-0.25, -0.2) is 0 Å². The molecule has 0 N–H and O–H groups in total. The van der Waals surface area contributed by atoms with E-state index in [1.54, 1.807) is 14.2 Å². The maximum Gasteiger partial charge on any atom is 0.247 e.